The van der Waals surface area contributed by atoms with E-state index in [0.717, 1.165) is 11.1 Å². The summed E-state index contributed by atoms with van der Waals surface area (Å²) < 4.78 is 28.7. The topological polar surface area (TPSA) is 43.4 Å². The van der Waals surface area contributed by atoms with E-state index in [1.54, 1.807) is 39.8 Å². The fraction of sp³-hybridized carbons (Fsp3) is 0.455. The van der Waals surface area contributed by atoms with Crippen LogP contribution in [0.15, 0.2) is 23.1 Å². The molecule has 0 aliphatic rings. The van der Waals surface area contributed by atoms with Crippen molar-refractivity contribution < 1.29 is 12.6 Å². The number of rotatable bonds is 3. The molecular formula is C11H16O3S. The third-order valence-corrected chi connectivity index (χ3v) is 3.76. The quantitative estimate of drug-likeness (QED) is 0.746. The zero-order valence-corrected chi connectivity index (χ0v) is 10.3. The highest BCUT2D eigenvalue weighted by Crippen LogP contribution is 2.22. The van der Waals surface area contributed by atoms with Crippen molar-refractivity contribution in [2.24, 2.45) is 0 Å². The van der Waals surface area contributed by atoms with Gasteiger partial charge in [0.25, 0.3) is 10.1 Å². The lowest BCUT2D eigenvalue weighted by molar-refractivity contribution is 0.248. The first kappa shape index (κ1) is 12.2. The Morgan fingerprint density at radius 2 is 1.60 bits per heavy atom. The number of aryl methyl sites for hydroxylation is 2. The zero-order chi connectivity index (χ0) is 11.6. The second-order valence-electron chi connectivity index (χ2n) is 3.82. The van der Waals surface area contributed by atoms with Gasteiger partial charge in [-0.05, 0) is 38.8 Å². The van der Waals surface area contributed by atoms with Gasteiger partial charge in [-0.1, -0.05) is 18.2 Å². The minimum atomic E-state index is -3.62. The molecule has 0 aliphatic heterocycles. The fourth-order valence-electron chi connectivity index (χ4n) is 1.49. The monoisotopic (exact) mass is 228 g/mol. The van der Waals surface area contributed by atoms with Gasteiger partial charge in [0.05, 0.1) is 11.0 Å². The van der Waals surface area contributed by atoms with Gasteiger partial charge in [-0.15, -0.1) is 0 Å². The molecule has 0 aromatic heterocycles. The van der Waals surface area contributed by atoms with Crippen LogP contribution in [0.5, 0.6) is 0 Å². The minimum Gasteiger partial charge on any atom is -0.264 e. The van der Waals surface area contributed by atoms with Gasteiger partial charge in [-0.2, -0.15) is 8.42 Å². The predicted octanol–water partition coefficient (Wildman–Crippen LogP) is 2.42. The van der Waals surface area contributed by atoms with Crippen LogP contribution in [0, 0.1) is 13.8 Å². The molecule has 0 atom stereocenters. The lowest BCUT2D eigenvalue weighted by Gasteiger charge is -2.12. The number of hydrogen-bond acceptors (Lipinski definition) is 3. The van der Waals surface area contributed by atoms with Crippen LogP contribution in [0.4, 0.5) is 0 Å². The summed E-state index contributed by atoms with van der Waals surface area (Å²) in [7, 11) is -3.62. The van der Waals surface area contributed by atoms with Gasteiger partial charge in [-0.25, -0.2) is 0 Å². The van der Waals surface area contributed by atoms with Gasteiger partial charge in [0.1, 0.15) is 0 Å². The summed E-state index contributed by atoms with van der Waals surface area (Å²) in [6, 6.07) is 5.37. The Balaban J connectivity index is 3.27. The Hall–Kier alpha value is -0.870. The maximum atomic E-state index is 11.9. The molecule has 0 amide bonds. The summed E-state index contributed by atoms with van der Waals surface area (Å²) in [5, 5.41) is 0. The third kappa shape index (κ3) is 2.79. The first-order valence-electron chi connectivity index (χ1n) is 4.84. The third-order valence-electron chi connectivity index (χ3n) is 1.98. The molecule has 0 aliphatic carbocycles. The van der Waals surface area contributed by atoms with E-state index < -0.39 is 10.1 Å². The van der Waals surface area contributed by atoms with Crippen molar-refractivity contribution in [1.29, 1.82) is 0 Å². The van der Waals surface area contributed by atoms with E-state index in [-0.39, 0.29) is 6.10 Å². The van der Waals surface area contributed by atoms with Gasteiger partial charge in [-0.3, -0.25) is 4.18 Å². The molecule has 4 heteroatoms. The Kier molecular flexibility index (Phi) is 3.52. The summed E-state index contributed by atoms with van der Waals surface area (Å²) in [5.74, 6) is 0. The van der Waals surface area contributed by atoms with Gasteiger partial charge in [0.15, 0.2) is 0 Å². The molecule has 3 nitrogen and oxygen atoms in total. The maximum absolute atomic E-state index is 11.9. The Morgan fingerprint density at radius 1 is 1.13 bits per heavy atom. The fourth-order valence-corrected chi connectivity index (χ4v) is 3.02. The van der Waals surface area contributed by atoms with Crippen LogP contribution in [-0.4, -0.2) is 14.5 Å². The molecule has 0 saturated heterocycles. The Bertz CT molecular complexity index is 427. The highest BCUT2D eigenvalue weighted by Gasteiger charge is 2.21. The average molecular weight is 228 g/mol. The van der Waals surface area contributed by atoms with E-state index in [2.05, 4.69) is 0 Å². The largest absolute Gasteiger partial charge is 0.297 e. The van der Waals surface area contributed by atoms with Crippen LogP contribution < -0.4 is 0 Å². The molecule has 0 N–H and O–H groups in total. The van der Waals surface area contributed by atoms with Gasteiger partial charge in [0, 0.05) is 0 Å². The average Bonchev–Trinajstić information content (AvgIpc) is 1.99. The maximum Gasteiger partial charge on any atom is 0.297 e. The second-order valence-corrected chi connectivity index (χ2v) is 5.33. The Morgan fingerprint density at radius 3 is 2.00 bits per heavy atom. The van der Waals surface area contributed by atoms with Crippen LogP contribution in [0.3, 0.4) is 0 Å². The summed E-state index contributed by atoms with van der Waals surface area (Å²) in [5.41, 5.74) is 1.44. The van der Waals surface area contributed by atoms with Crippen molar-refractivity contribution in [2.45, 2.75) is 38.7 Å². The lowest BCUT2D eigenvalue weighted by atomic mass is 10.2. The minimum absolute atomic E-state index is 0.290. The van der Waals surface area contributed by atoms with E-state index >= 15 is 0 Å². The molecule has 0 saturated carbocycles. The van der Waals surface area contributed by atoms with Crippen molar-refractivity contribution in [2.75, 3.05) is 0 Å². The first-order chi connectivity index (χ1) is 6.84. The molecule has 1 rings (SSSR count). The van der Waals surface area contributed by atoms with Crippen LogP contribution in [0.25, 0.3) is 0 Å². The van der Waals surface area contributed by atoms with Gasteiger partial charge >= 0.3 is 0 Å². The molecule has 84 valence electrons. The number of benzene rings is 1. The van der Waals surface area contributed by atoms with Crippen molar-refractivity contribution in [1.82, 2.24) is 0 Å². The molecule has 1 aromatic rings. The zero-order valence-electron chi connectivity index (χ0n) is 9.44. The molecule has 0 spiro atoms. The van der Waals surface area contributed by atoms with Crippen LogP contribution in [0.1, 0.15) is 25.0 Å². The highest BCUT2D eigenvalue weighted by atomic mass is 32.2. The highest BCUT2D eigenvalue weighted by molar-refractivity contribution is 7.86. The van der Waals surface area contributed by atoms with Crippen molar-refractivity contribution in [3.8, 4) is 0 Å². The smallest absolute Gasteiger partial charge is 0.264 e. The van der Waals surface area contributed by atoms with E-state index in [0.29, 0.717) is 4.90 Å². The first-order valence-corrected chi connectivity index (χ1v) is 6.25. The molecule has 0 radical (unpaired) electrons. The SMILES string of the molecule is Cc1cccc(C)c1S(=O)(=O)OC(C)C. The summed E-state index contributed by atoms with van der Waals surface area (Å²) in [4.78, 5) is 0.290. The Labute approximate surface area is 91.2 Å². The van der Waals surface area contributed by atoms with Gasteiger partial charge in [0.2, 0.25) is 0 Å². The van der Waals surface area contributed by atoms with Gasteiger partial charge < -0.3 is 0 Å². The molecular weight excluding hydrogens is 212 g/mol. The normalized spacial score (nSPS) is 12.1. The molecule has 15 heavy (non-hydrogen) atoms. The number of hydrogen-bond donors (Lipinski definition) is 0. The molecule has 0 bridgehead atoms. The van der Waals surface area contributed by atoms with Crippen molar-refractivity contribution >= 4 is 10.1 Å². The molecule has 0 unspecified atom stereocenters. The lowest BCUT2D eigenvalue weighted by Crippen LogP contribution is -2.14. The predicted molar refractivity (Wildman–Crippen MR) is 59.3 cm³/mol. The molecule has 1 aromatic carbocycles. The molecule has 0 heterocycles. The van der Waals surface area contributed by atoms with Crippen molar-refractivity contribution in [3.63, 3.8) is 0 Å². The molecule has 0 fully saturated rings. The van der Waals surface area contributed by atoms with E-state index in [1.807, 2.05) is 6.07 Å². The van der Waals surface area contributed by atoms with E-state index in [1.165, 1.54) is 0 Å². The second kappa shape index (κ2) is 4.33. The standard InChI is InChI=1S/C11H16O3S/c1-8(2)14-15(12,13)11-9(3)6-5-7-10(11)4/h5-8H,1-4H3. The van der Waals surface area contributed by atoms with Crippen LogP contribution in [0.2, 0.25) is 0 Å². The summed E-state index contributed by atoms with van der Waals surface area (Å²) in [6.07, 6.45) is -0.339. The summed E-state index contributed by atoms with van der Waals surface area (Å²) >= 11 is 0. The van der Waals surface area contributed by atoms with Crippen LogP contribution >= 0.6 is 0 Å². The summed E-state index contributed by atoms with van der Waals surface area (Å²) in [6.45, 7) is 6.93. The van der Waals surface area contributed by atoms with E-state index in [9.17, 15) is 8.42 Å². The van der Waals surface area contributed by atoms with E-state index in [4.69, 9.17) is 4.18 Å². The van der Waals surface area contributed by atoms with Crippen molar-refractivity contribution in [3.05, 3.63) is 29.3 Å². The van der Waals surface area contributed by atoms with Crippen LogP contribution in [-0.2, 0) is 14.3 Å².